The van der Waals surface area contributed by atoms with Gasteiger partial charge >= 0.3 is 0 Å². The first-order valence-electron chi connectivity index (χ1n) is 7.15. The molecule has 1 fully saturated rings. The van der Waals surface area contributed by atoms with Gasteiger partial charge in [0.05, 0.1) is 7.11 Å². The highest BCUT2D eigenvalue weighted by atomic mass is 19.1. The number of benzene rings is 1. The van der Waals surface area contributed by atoms with Gasteiger partial charge in [0.25, 0.3) is 0 Å². The zero-order chi connectivity index (χ0) is 14.4. The third-order valence-corrected chi connectivity index (χ3v) is 3.79. The Kier molecular flexibility index (Phi) is 5.76. The molecule has 1 aromatic rings. The number of aliphatic hydroxyl groups excluding tert-OH is 1. The van der Waals surface area contributed by atoms with Crippen molar-refractivity contribution in [2.75, 3.05) is 39.9 Å². The van der Waals surface area contributed by atoms with Crippen molar-refractivity contribution in [3.05, 3.63) is 29.6 Å². The quantitative estimate of drug-likeness (QED) is 0.831. The van der Waals surface area contributed by atoms with Crippen LogP contribution in [0.15, 0.2) is 18.2 Å². The first kappa shape index (κ1) is 15.2. The Morgan fingerprint density at radius 3 is 2.80 bits per heavy atom. The van der Waals surface area contributed by atoms with E-state index in [4.69, 9.17) is 9.84 Å². The van der Waals surface area contributed by atoms with E-state index < -0.39 is 0 Å². The van der Waals surface area contributed by atoms with E-state index in [0.717, 1.165) is 32.6 Å². The van der Waals surface area contributed by atoms with Gasteiger partial charge < -0.3 is 15.2 Å². The molecule has 0 saturated carbocycles. The molecule has 1 aromatic carbocycles. The summed E-state index contributed by atoms with van der Waals surface area (Å²) in [6.07, 6.45) is 1.42. The number of nitrogens with zero attached hydrogens (tertiary/aromatic N) is 1. The van der Waals surface area contributed by atoms with Crippen molar-refractivity contribution < 1.29 is 14.2 Å². The van der Waals surface area contributed by atoms with Gasteiger partial charge in [0.15, 0.2) is 0 Å². The lowest BCUT2D eigenvalue weighted by molar-refractivity contribution is 0.151. The Hall–Kier alpha value is -1.17. The van der Waals surface area contributed by atoms with Gasteiger partial charge in [-0.3, -0.25) is 4.90 Å². The molecule has 20 heavy (non-hydrogen) atoms. The maximum absolute atomic E-state index is 14.2. The summed E-state index contributed by atoms with van der Waals surface area (Å²) in [5.74, 6) is 0.470. The minimum atomic E-state index is -0.202. The highest BCUT2D eigenvalue weighted by Crippen LogP contribution is 2.30. The Labute approximate surface area is 119 Å². The summed E-state index contributed by atoms with van der Waals surface area (Å²) in [6, 6.07) is 4.88. The molecule has 1 aliphatic rings. The van der Waals surface area contributed by atoms with Gasteiger partial charge in [-0.1, -0.05) is 0 Å². The number of aliphatic hydroxyl groups is 1. The lowest BCUT2D eigenvalue weighted by Gasteiger charge is -2.35. The lowest BCUT2D eigenvalue weighted by atomic mass is 9.98. The molecule has 1 saturated heterocycles. The van der Waals surface area contributed by atoms with Crippen LogP contribution in [0.2, 0.25) is 0 Å². The number of nitrogens with one attached hydrogen (secondary N) is 1. The Morgan fingerprint density at radius 1 is 1.40 bits per heavy atom. The molecule has 0 unspecified atom stereocenters. The van der Waals surface area contributed by atoms with E-state index in [-0.39, 0.29) is 18.5 Å². The van der Waals surface area contributed by atoms with Gasteiger partial charge in [0.1, 0.15) is 11.6 Å². The van der Waals surface area contributed by atoms with E-state index in [0.29, 0.717) is 17.7 Å². The van der Waals surface area contributed by atoms with Crippen LogP contribution < -0.4 is 10.1 Å². The second kappa shape index (κ2) is 7.57. The van der Waals surface area contributed by atoms with E-state index in [2.05, 4.69) is 10.2 Å². The summed E-state index contributed by atoms with van der Waals surface area (Å²) in [6.45, 7) is 3.76. The predicted molar refractivity (Wildman–Crippen MR) is 76.5 cm³/mol. The number of hydrogen-bond donors (Lipinski definition) is 2. The highest BCUT2D eigenvalue weighted by Gasteiger charge is 2.24. The van der Waals surface area contributed by atoms with Crippen molar-refractivity contribution in [2.45, 2.75) is 18.9 Å². The lowest BCUT2D eigenvalue weighted by Crippen LogP contribution is -2.45. The summed E-state index contributed by atoms with van der Waals surface area (Å²) in [4.78, 5) is 2.28. The number of methoxy groups -OCH3 is 1. The molecular weight excluding hydrogens is 259 g/mol. The van der Waals surface area contributed by atoms with Crippen LogP contribution in [0.1, 0.15) is 24.4 Å². The van der Waals surface area contributed by atoms with E-state index in [1.54, 1.807) is 19.2 Å². The molecule has 0 radical (unpaired) electrons. The van der Waals surface area contributed by atoms with Crippen LogP contribution in [0.5, 0.6) is 5.75 Å². The van der Waals surface area contributed by atoms with Crippen molar-refractivity contribution in [3.8, 4) is 5.75 Å². The standard InChI is InChI=1S/C15H23FN2O2/c1-20-12-4-5-14(16)13(11-12)15(3-2-10-19)18-8-6-17-7-9-18/h4-5,11,15,17,19H,2-3,6-10H2,1H3/t15-/m0/s1. The van der Waals surface area contributed by atoms with Crippen LogP contribution in [-0.4, -0.2) is 49.9 Å². The molecule has 4 nitrogen and oxygen atoms in total. The Morgan fingerprint density at radius 2 is 2.15 bits per heavy atom. The molecule has 0 aliphatic carbocycles. The van der Waals surface area contributed by atoms with E-state index in [9.17, 15) is 4.39 Å². The minimum absolute atomic E-state index is 0.000602. The van der Waals surface area contributed by atoms with Crippen molar-refractivity contribution in [1.29, 1.82) is 0 Å². The molecule has 0 amide bonds. The second-order valence-electron chi connectivity index (χ2n) is 5.06. The zero-order valence-corrected chi connectivity index (χ0v) is 11.9. The van der Waals surface area contributed by atoms with Crippen LogP contribution >= 0.6 is 0 Å². The van der Waals surface area contributed by atoms with Gasteiger partial charge in [0.2, 0.25) is 0 Å². The third kappa shape index (κ3) is 3.69. The third-order valence-electron chi connectivity index (χ3n) is 3.79. The monoisotopic (exact) mass is 282 g/mol. The first-order valence-corrected chi connectivity index (χ1v) is 7.15. The average molecular weight is 282 g/mol. The molecule has 1 atom stereocenters. The first-order chi connectivity index (χ1) is 9.76. The molecular formula is C15H23FN2O2. The molecule has 1 heterocycles. The van der Waals surface area contributed by atoms with E-state index in [1.165, 1.54) is 6.07 Å². The van der Waals surface area contributed by atoms with Gasteiger partial charge in [-0.25, -0.2) is 4.39 Å². The number of piperazine rings is 1. The summed E-state index contributed by atoms with van der Waals surface area (Å²) in [5, 5.41) is 12.4. The molecule has 0 aromatic heterocycles. The topological polar surface area (TPSA) is 44.7 Å². The van der Waals surface area contributed by atoms with Crippen molar-refractivity contribution in [1.82, 2.24) is 10.2 Å². The molecule has 2 N–H and O–H groups in total. The Bertz CT molecular complexity index is 422. The molecule has 5 heteroatoms. The normalized spacial score (nSPS) is 17.9. The summed E-state index contributed by atoms with van der Waals surface area (Å²) < 4.78 is 19.4. The highest BCUT2D eigenvalue weighted by molar-refractivity contribution is 5.32. The van der Waals surface area contributed by atoms with E-state index >= 15 is 0 Å². The van der Waals surface area contributed by atoms with Crippen LogP contribution in [0.3, 0.4) is 0 Å². The van der Waals surface area contributed by atoms with Gasteiger partial charge in [-0.05, 0) is 31.0 Å². The fraction of sp³-hybridized carbons (Fsp3) is 0.600. The SMILES string of the molecule is COc1ccc(F)c([C@H](CCCO)N2CCNCC2)c1. The number of hydrogen-bond acceptors (Lipinski definition) is 4. The summed E-state index contributed by atoms with van der Waals surface area (Å²) in [7, 11) is 1.59. The van der Waals surface area contributed by atoms with Crippen LogP contribution in [0.25, 0.3) is 0 Å². The van der Waals surface area contributed by atoms with Crippen molar-refractivity contribution >= 4 is 0 Å². The summed E-state index contributed by atoms with van der Waals surface area (Å²) in [5.41, 5.74) is 0.666. The smallest absolute Gasteiger partial charge is 0.128 e. The van der Waals surface area contributed by atoms with E-state index in [1.807, 2.05) is 0 Å². The van der Waals surface area contributed by atoms with Crippen LogP contribution in [0, 0.1) is 5.82 Å². The molecule has 112 valence electrons. The number of rotatable bonds is 6. The molecule has 1 aliphatic heterocycles. The minimum Gasteiger partial charge on any atom is -0.497 e. The maximum Gasteiger partial charge on any atom is 0.128 e. The van der Waals surface area contributed by atoms with Crippen LogP contribution in [0.4, 0.5) is 4.39 Å². The van der Waals surface area contributed by atoms with Gasteiger partial charge in [-0.15, -0.1) is 0 Å². The van der Waals surface area contributed by atoms with Crippen molar-refractivity contribution in [3.63, 3.8) is 0 Å². The van der Waals surface area contributed by atoms with Gasteiger partial charge in [0, 0.05) is 44.4 Å². The summed E-state index contributed by atoms with van der Waals surface area (Å²) >= 11 is 0. The fourth-order valence-corrected chi connectivity index (χ4v) is 2.72. The average Bonchev–Trinajstić information content (AvgIpc) is 2.50. The molecule has 0 spiro atoms. The second-order valence-corrected chi connectivity index (χ2v) is 5.06. The predicted octanol–water partition coefficient (Wildman–Crippen LogP) is 1.55. The van der Waals surface area contributed by atoms with Gasteiger partial charge in [-0.2, -0.15) is 0 Å². The Balaban J connectivity index is 2.24. The fourth-order valence-electron chi connectivity index (χ4n) is 2.72. The van der Waals surface area contributed by atoms with Crippen LogP contribution in [-0.2, 0) is 0 Å². The molecule has 0 bridgehead atoms. The maximum atomic E-state index is 14.2. The number of ether oxygens (including phenoxy) is 1. The zero-order valence-electron chi connectivity index (χ0n) is 11.9. The molecule has 2 rings (SSSR count). The van der Waals surface area contributed by atoms with Crippen molar-refractivity contribution in [2.24, 2.45) is 0 Å². The number of halogens is 1. The largest absolute Gasteiger partial charge is 0.497 e.